The van der Waals surface area contributed by atoms with Gasteiger partial charge in [0.2, 0.25) is 0 Å². The minimum Gasteiger partial charge on any atom is -0.385 e. The smallest absolute Gasteiger partial charge is 0.304 e. The Bertz CT molecular complexity index is 917. The molecule has 1 aliphatic heterocycles. The number of hydrogen-bond acceptors (Lipinski definition) is 4. The Hall–Kier alpha value is -2.12. The Labute approximate surface area is 160 Å². The zero-order valence-electron chi connectivity index (χ0n) is 15.1. The summed E-state index contributed by atoms with van der Waals surface area (Å²) in [5, 5.41) is 0.237. The third kappa shape index (κ3) is 3.19. The molecule has 2 heterocycles. The molecule has 1 atom stereocenters. The number of ether oxygens (including phenoxy) is 1. The average Bonchev–Trinajstić information content (AvgIpc) is 2.65. The van der Waals surface area contributed by atoms with Gasteiger partial charge in [-0.05, 0) is 56.2 Å². The van der Waals surface area contributed by atoms with Gasteiger partial charge in [0.05, 0.1) is 0 Å². The van der Waals surface area contributed by atoms with Crippen LogP contribution in [0, 0.1) is 5.82 Å². The maximum atomic E-state index is 15.4. The number of nitrogens with two attached hydrogens (primary N) is 1. The number of pyridine rings is 1. The van der Waals surface area contributed by atoms with E-state index in [-0.39, 0.29) is 23.2 Å². The van der Waals surface area contributed by atoms with Crippen LogP contribution in [0.2, 0.25) is 5.15 Å². The van der Waals surface area contributed by atoms with Crippen LogP contribution in [0.15, 0.2) is 41.5 Å². The van der Waals surface area contributed by atoms with Gasteiger partial charge >= 0.3 is 5.92 Å². The summed E-state index contributed by atoms with van der Waals surface area (Å²) in [4.78, 5) is 7.87. The second-order valence-electron chi connectivity index (χ2n) is 7.11. The fourth-order valence-electron chi connectivity index (χ4n) is 3.21. The molecule has 3 rings (SSSR count). The quantitative estimate of drug-likeness (QED) is 0.756. The highest BCUT2D eigenvalue weighted by atomic mass is 35.5. The minimum absolute atomic E-state index is 0.125. The monoisotopic (exact) mass is 397 g/mol. The average molecular weight is 398 g/mol. The fourth-order valence-corrected chi connectivity index (χ4v) is 3.38. The first kappa shape index (κ1) is 19.6. The molecule has 0 bridgehead atoms. The second-order valence-corrected chi connectivity index (χ2v) is 7.50. The maximum Gasteiger partial charge on any atom is 0.304 e. The van der Waals surface area contributed by atoms with E-state index in [4.69, 9.17) is 22.1 Å². The molecular weight excluding hydrogens is 379 g/mol. The van der Waals surface area contributed by atoms with Gasteiger partial charge in [0.15, 0.2) is 5.54 Å². The molecule has 0 aliphatic carbocycles. The van der Waals surface area contributed by atoms with Gasteiger partial charge in [-0.1, -0.05) is 17.7 Å². The van der Waals surface area contributed by atoms with Crippen LogP contribution >= 0.6 is 11.6 Å². The molecule has 0 saturated carbocycles. The number of nitrogens with zero attached hydrogens (tertiary/aromatic N) is 2. The summed E-state index contributed by atoms with van der Waals surface area (Å²) in [6.07, 6.45) is 1.48. The van der Waals surface area contributed by atoms with Gasteiger partial charge < -0.3 is 10.5 Å². The minimum atomic E-state index is -3.55. The van der Waals surface area contributed by atoms with E-state index >= 15 is 8.78 Å². The van der Waals surface area contributed by atoms with Crippen LogP contribution in [0.5, 0.6) is 0 Å². The topological polar surface area (TPSA) is 60.5 Å². The second kappa shape index (κ2) is 6.49. The summed E-state index contributed by atoms with van der Waals surface area (Å²) >= 11 is 5.91. The van der Waals surface area contributed by atoms with E-state index in [0.717, 1.165) is 13.0 Å². The zero-order chi connectivity index (χ0) is 20.0. The van der Waals surface area contributed by atoms with E-state index in [1.165, 1.54) is 32.2 Å². The Morgan fingerprint density at radius 3 is 2.44 bits per heavy atom. The SMILES string of the molecule is CC1(C)OCC(N)=N[C@](C)(c2cc(-c3ccnc(Cl)c3)ccc2F)C1(F)F. The summed E-state index contributed by atoms with van der Waals surface area (Å²) in [6, 6.07) is 7.17. The summed E-state index contributed by atoms with van der Waals surface area (Å²) in [7, 11) is 0. The van der Waals surface area contributed by atoms with Crippen LogP contribution in [-0.4, -0.2) is 29.0 Å². The summed E-state index contributed by atoms with van der Waals surface area (Å²) in [5.74, 6) is -4.48. The molecule has 0 unspecified atom stereocenters. The summed E-state index contributed by atoms with van der Waals surface area (Å²) in [6.45, 7) is 3.38. The van der Waals surface area contributed by atoms with Crippen molar-refractivity contribution in [1.29, 1.82) is 0 Å². The molecule has 0 radical (unpaired) electrons. The molecule has 0 amide bonds. The molecular formula is C19H19ClF3N3O. The van der Waals surface area contributed by atoms with Gasteiger partial charge in [-0.25, -0.2) is 18.2 Å². The third-order valence-electron chi connectivity index (χ3n) is 4.87. The van der Waals surface area contributed by atoms with E-state index in [1.807, 2.05) is 0 Å². The Kier molecular flexibility index (Phi) is 4.72. The molecule has 4 nitrogen and oxygen atoms in total. The molecule has 27 heavy (non-hydrogen) atoms. The van der Waals surface area contributed by atoms with Crippen molar-refractivity contribution in [2.75, 3.05) is 6.61 Å². The van der Waals surface area contributed by atoms with E-state index in [0.29, 0.717) is 11.1 Å². The van der Waals surface area contributed by atoms with Gasteiger partial charge in [-0.2, -0.15) is 0 Å². The summed E-state index contributed by atoms with van der Waals surface area (Å²) in [5.41, 5.74) is 2.43. The molecule has 1 aromatic heterocycles. The van der Waals surface area contributed by atoms with Gasteiger partial charge in [0, 0.05) is 11.8 Å². The van der Waals surface area contributed by atoms with Gasteiger partial charge in [-0.15, -0.1) is 0 Å². The maximum absolute atomic E-state index is 15.4. The van der Waals surface area contributed by atoms with E-state index in [1.54, 1.807) is 12.1 Å². The van der Waals surface area contributed by atoms with Crippen molar-refractivity contribution in [3.05, 3.63) is 53.1 Å². The van der Waals surface area contributed by atoms with Crippen LogP contribution in [-0.2, 0) is 10.3 Å². The van der Waals surface area contributed by atoms with Crippen LogP contribution in [0.4, 0.5) is 13.2 Å². The Morgan fingerprint density at radius 2 is 1.78 bits per heavy atom. The first-order valence-electron chi connectivity index (χ1n) is 8.26. The number of aromatic nitrogens is 1. The first-order valence-corrected chi connectivity index (χ1v) is 8.64. The van der Waals surface area contributed by atoms with Crippen molar-refractivity contribution in [3.63, 3.8) is 0 Å². The van der Waals surface area contributed by atoms with E-state index in [9.17, 15) is 4.39 Å². The molecule has 0 saturated heterocycles. The van der Waals surface area contributed by atoms with E-state index < -0.39 is 22.9 Å². The number of halogens is 4. The van der Waals surface area contributed by atoms with Crippen LogP contribution in [0.3, 0.4) is 0 Å². The molecule has 1 aliphatic rings. The van der Waals surface area contributed by atoms with Gasteiger partial charge in [0.1, 0.15) is 29.0 Å². The van der Waals surface area contributed by atoms with Crippen molar-refractivity contribution in [2.45, 2.75) is 37.8 Å². The van der Waals surface area contributed by atoms with Gasteiger partial charge in [0.25, 0.3) is 0 Å². The van der Waals surface area contributed by atoms with Crippen molar-refractivity contribution in [1.82, 2.24) is 4.98 Å². The highest BCUT2D eigenvalue weighted by molar-refractivity contribution is 6.29. The number of rotatable bonds is 2. The lowest BCUT2D eigenvalue weighted by Crippen LogP contribution is -2.56. The Balaban J connectivity index is 2.24. The molecule has 1 aromatic carbocycles. The Morgan fingerprint density at radius 1 is 1.11 bits per heavy atom. The third-order valence-corrected chi connectivity index (χ3v) is 5.07. The van der Waals surface area contributed by atoms with Gasteiger partial charge in [-0.3, -0.25) is 4.99 Å². The fraction of sp³-hybridized carbons (Fsp3) is 0.368. The van der Waals surface area contributed by atoms with Crippen molar-refractivity contribution in [2.24, 2.45) is 10.7 Å². The zero-order valence-corrected chi connectivity index (χ0v) is 15.8. The summed E-state index contributed by atoms with van der Waals surface area (Å²) < 4.78 is 50.9. The van der Waals surface area contributed by atoms with Crippen LogP contribution in [0.25, 0.3) is 11.1 Å². The number of aliphatic imine (C=N–C) groups is 1. The molecule has 2 N–H and O–H groups in total. The largest absolute Gasteiger partial charge is 0.385 e. The van der Waals surface area contributed by atoms with Crippen molar-refractivity contribution < 1.29 is 17.9 Å². The van der Waals surface area contributed by atoms with Crippen molar-refractivity contribution in [3.8, 4) is 11.1 Å². The molecule has 8 heteroatoms. The molecule has 2 aromatic rings. The number of benzene rings is 1. The molecule has 0 spiro atoms. The lowest BCUT2D eigenvalue weighted by atomic mass is 9.77. The lowest BCUT2D eigenvalue weighted by Gasteiger charge is -2.42. The van der Waals surface area contributed by atoms with Crippen LogP contribution in [0.1, 0.15) is 26.3 Å². The highest BCUT2D eigenvalue weighted by Gasteiger charge is 2.63. The lowest BCUT2D eigenvalue weighted by molar-refractivity contribution is -0.214. The number of hydrogen-bond donors (Lipinski definition) is 1. The first-order chi connectivity index (χ1) is 12.5. The van der Waals surface area contributed by atoms with E-state index in [2.05, 4.69) is 9.98 Å². The number of alkyl halides is 2. The highest BCUT2D eigenvalue weighted by Crippen LogP contribution is 2.51. The van der Waals surface area contributed by atoms with Crippen LogP contribution < -0.4 is 5.73 Å². The molecule has 144 valence electrons. The number of amidine groups is 1. The predicted octanol–water partition coefficient (Wildman–Crippen LogP) is 4.56. The normalized spacial score (nSPS) is 24.2. The van der Waals surface area contributed by atoms with Crippen molar-refractivity contribution >= 4 is 17.4 Å². The standard InChI is InChI=1S/C19H19ClF3N3O/c1-17(2)19(22,23)18(3,26-16(24)10-27-17)13-8-11(4-5-14(13)21)12-6-7-25-15(20)9-12/h4-9H,10H2,1-3H3,(H2,24,26)/t18-/m1/s1. The molecule has 0 fully saturated rings. The predicted molar refractivity (Wildman–Crippen MR) is 98.6 cm³/mol.